The standard InChI is InChI=1S/C21H28N2O3S/c1-16(2)15-20(18-11-7-5-8-12-18)22-21(24)17(3)23(27(4,25)26)19-13-9-6-10-14-19/h5-14,16-17,20H,15H2,1-4H3,(H,22,24)/t17-,20-/m0/s1. The molecule has 1 amide bonds. The first kappa shape index (κ1) is 21.0. The average Bonchev–Trinajstić information content (AvgIpc) is 2.61. The molecule has 0 heterocycles. The predicted octanol–water partition coefficient (Wildman–Crippen LogP) is 3.74. The van der Waals surface area contributed by atoms with E-state index in [0.29, 0.717) is 11.6 Å². The van der Waals surface area contributed by atoms with Crippen LogP contribution in [0.2, 0.25) is 0 Å². The van der Waals surface area contributed by atoms with Gasteiger partial charge in [0, 0.05) is 0 Å². The van der Waals surface area contributed by atoms with Gasteiger partial charge in [0.25, 0.3) is 0 Å². The molecule has 0 fully saturated rings. The minimum absolute atomic E-state index is 0.168. The summed E-state index contributed by atoms with van der Waals surface area (Å²) in [6, 6.07) is 17.4. The summed E-state index contributed by atoms with van der Waals surface area (Å²) in [5.74, 6) is 0.0599. The number of carbonyl (C=O) groups is 1. The Bertz CT molecular complexity index is 836. The fourth-order valence-electron chi connectivity index (χ4n) is 3.11. The number of para-hydroxylation sites is 1. The zero-order valence-electron chi connectivity index (χ0n) is 16.3. The molecule has 27 heavy (non-hydrogen) atoms. The van der Waals surface area contributed by atoms with Crippen LogP contribution in [0.5, 0.6) is 0 Å². The lowest BCUT2D eigenvalue weighted by molar-refractivity contribution is -0.122. The summed E-state index contributed by atoms with van der Waals surface area (Å²) >= 11 is 0. The van der Waals surface area contributed by atoms with Gasteiger partial charge < -0.3 is 5.32 Å². The van der Waals surface area contributed by atoms with Crippen molar-refractivity contribution in [1.82, 2.24) is 5.32 Å². The zero-order chi connectivity index (χ0) is 20.0. The van der Waals surface area contributed by atoms with Crippen molar-refractivity contribution in [3.05, 3.63) is 66.2 Å². The van der Waals surface area contributed by atoms with Crippen LogP contribution in [0.1, 0.15) is 38.8 Å². The van der Waals surface area contributed by atoms with Crippen molar-refractivity contribution in [3.63, 3.8) is 0 Å². The fourth-order valence-corrected chi connectivity index (χ4v) is 4.29. The average molecular weight is 389 g/mol. The number of amides is 1. The van der Waals surface area contributed by atoms with E-state index in [-0.39, 0.29) is 11.9 Å². The number of carbonyl (C=O) groups excluding carboxylic acids is 1. The Labute approximate surface area is 162 Å². The highest BCUT2D eigenvalue weighted by Crippen LogP contribution is 2.24. The van der Waals surface area contributed by atoms with Crippen molar-refractivity contribution in [2.75, 3.05) is 10.6 Å². The van der Waals surface area contributed by atoms with Gasteiger partial charge in [-0.1, -0.05) is 62.4 Å². The molecule has 0 aliphatic heterocycles. The fraction of sp³-hybridized carbons (Fsp3) is 0.381. The minimum Gasteiger partial charge on any atom is -0.347 e. The van der Waals surface area contributed by atoms with Gasteiger partial charge in [-0.05, 0) is 37.0 Å². The Kier molecular flexibility index (Phi) is 7.02. The Hall–Kier alpha value is -2.34. The first-order valence-corrected chi connectivity index (χ1v) is 10.9. The van der Waals surface area contributed by atoms with Gasteiger partial charge in [0.05, 0.1) is 18.0 Å². The molecule has 0 unspecified atom stereocenters. The van der Waals surface area contributed by atoms with Gasteiger partial charge in [-0.2, -0.15) is 0 Å². The predicted molar refractivity (Wildman–Crippen MR) is 110 cm³/mol. The molecular weight excluding hydrogens is 360 g/mol. The van der Waals surface area contributed by atoms with Gasteiger partial charge in [-0.3, -0.25) is 9.10 Å². The monoisotopic (exact) mass is 388 g/mol. The molecule has 2 rings (SSSR count). The topological polar surface area (TPSA) is 66.5 Å². The van der Waals surface area contributed by atoms with Crippen LogP contribution in [-0.4, -0.2) is 26.6 Å². The van der Waals surface area contributed by atoms with Crippen molar-refractivity contribution < 1.29 is 13.2 Å². The second kappa shape index (κ2) is 9.04. The quantitative estimate of drug-likeness (QED) is 0.749. The number of nitrogens with one attached hydrogen (secondary N) is 1. The van der Waals surface area contributed by atoms with E-state index in [4.69, 9.17) is 0 Å². The van der Waals surface area contributed by atoms with E-state index < -0.39 is 16.1 Å². The van der Waals surface area contributed by atoms with E-state index in [0.717, 1.165) is 18.2 Å². The molecule has 0 radical (unpaired) electrons. The highest BCUT2D eigenvalue weighted by Gasteiger charge is 2.30. The molecule has 0 saturated carbocycles. The third kappa shape index (κ3) is 5.82. The summed E-state index contributed by atoms with van der Waals surface area (Å²) < 4.78 is 25.9. The van der Waals surface area contributed by atoms with Gasteiger partial charge in [0.2, 0.25) is 15.9 Å². The van der Waals surface area contributed by atoms with E-state index in [2.05, 4.69) is 19.2 Å². The molecule has 5 nitrogen and oxygen atoms in total. The highest BCUT2D eigenvalue weighted by molar-refractivity contribution is 7.92. The summed E-state index contributed by atoms with van der Waals surface area (Å²) in [5.41, 5.74) is 1.49. The van der Waals surface area contributed by atoms with Crippen LogP contribution in [0.3, 0.4) is 0 Å². The van der Waals surface area contributed by atoms with Crippen molar-refractivity contribution >= 4 is 21.6 Å². The van der Waals surface area contributed by atoms with Gasteiger partial charge >= 0.3 is 0 Å². The molecule has 2 aromatic carbocycles. The second-order valence-corrected chi connectivity index (χ2v) is 9.03. The number of hydrogen-bond acceptors (Lipinski definition) is 3. The molecule has 146 valence electrons. The molecule has 0 spiro atoms. The maximum atomic E-state index is 13.0. The second-order valence-electron chi connectivity index (χ2n) is 7.17. The molecule has 2 atom stereocenters. The van der Waals surface area contributed by atoms with Crippen molar-refractivity contribution in [1.29, 1.82) is 0 Å². The molecule has 2 aromatic rings. The largest absolute Gasteiger partial charge is 0.347 e. The van der Waals surface area contributed by atoms with Crippen molar-refractivity contribution in [2.45, 2.75) is 39.3 Å². The smallest absolute Gasteiger partial charge is 0.244 e. The van der Waals surface area contributed by atoms with Gasteiger partial charge in [0.15, 0.2) is 0 Å². The Morgan fingerprint density at radius 3 is 1.96 bits per heavy atom. The van der Waals surface area contributed by atoms with Crippen LogP contribution in [-0.2, 0) is 14.8 Å². The molecule has 0 aromatic heterocycles. The molecule has 6 heteroatoms. The summed E-state index contributed by atoms with van der Waals surface area (Å²) in [7, 11) is -3.61. The Morgan fingerprint density at radius 2 is 1.48 bits per heavy atom. The lowest BCUT2D eigenvalue weighted by Crippen LogP contribution is -2.48. The number of rotatable bonds is 8. The van der Waals surface area contributed by atoms with Gasteiger partial charge in [-0.25, -0.2) is 8.42 Å². The SMILES string of the molecule is CC(C)C[C@H](NC(=O)[C@H](C)N(c1ccccc1)S(C)(=O)=O)c1ccccc1. The maximum Gasteiger partial charge on any atom is 0.244 e. The van der Waals surface area contributed by atoms with Crippen LogP contribution in [0.25, 0.3) is 0 Å². The number of anilines is 1. The summed E-state index contributed by atoms with van der Waals surface area (Å²) in [5, 5.41) is 3.04. The first-order valence-electron chi connectivity index (χ1n) is 9.10. The molecule has 0 bridgehead atoms. The van der Waals surface area contributed by atoms with Crippen LogP contribution in [0, 0.1) is 5.92 Å². The first-order chi connectivity index (χ1) is 12.7. The number of nitrogens with zero attached hydrogens (tertiary/aromatic N) is 1. The molecule has 0 saturated heterocycles. The third-order valence-electron chi connectivity index (χ3n) is 4.32. The molecular formula is C21H28N2O3S. The number of sulfonamides is 1. The number of benzene rings is 2. The zero-order valence-corrected chi connectivity index (χ0v) is 17.1. The van der Waals surface area contributed by atoms with Gasteiger partial charge in [-0.15, -0.1) is 0 Å². The van der Waals surface area contributed by atoms with Crippen LogP contribution in [0.4, 0.5) is 5.69 Å². The molecule has 0 aliphatic carbocycles. The van der Waals surface area contributed by atoms with Crippen LogP contribution in [0.15, 0.2) is 60.7 Å². The normalized spacial score (nSPS) is 13.8. The minimum atomic E-state index is -3.61. The number of hydrogen-bond donors (Lipinski definition) is 1. The summed E-state index contributed by atoms with van der Waals surface area (Å²) in [6.07, 6.45) is 1.89. The third-order valence-corrected chi connectivity index (χ3v) is 5.57. The lowest BCUT2D eigenvalue weighted by atomic mass is 9.96. The van der Waals surface area contributed by atoms with Gasteiger partial charge in [0.1, 0.15) is 6.04 Å². The van der Waals surface area contributed by atoms with E-state index in [1.54, 1.807) is 31.2 Å². The summed E-state index contributed by atoms with van der Waals surface area (Å²) in [6.45, 7) is 5.80. The van der Waals surface area contributed by atoms with E-state index in [1.807, 2.05) is 36.4 Å². The van der Waals surface area contributed by atoms with Crippen molar-refractivity contribution in [2.24, 2.45) is 5.92 Å². The molecule has 1 N–H and O–H groups in total. The Morgan fingerprint density at radius 1 is 0.963 bits per heavy atom. The van der Waals surface area contributed by atoms with E-state index in [1.165, 1.54) is 4.31 Å². The lowest BCUT2D eigenvalue weighted by Gasteiger charge is -2.30. The summed E-state index contributed by atoms with van der Waals surface area (Å²) in [4.78, 5) is 13.0. The van der Waals surface area contributed by atoms with E-state index >= 15 is 0 Å². The highest BCUT2D eigenvalue weighted by atomic mass is 32.2. The van der Waals surface area contributed by atoms with Crippen molar-refractivity contribution in [3.8, 4) is 0 Å². The maximum absolute atomic E-state index is 13.0. The van der Waals surface area contributed by atoms with E-state index in [9.17, 15) is 13.2 Å². The van der Waals surface area contributed by atoms with Crippen LogP contribution < -0.4 is 9.62 Å². The van der Waals surface area contributed by atoms with Crippen LogP contribution >= 0.6 is 0 Å². The molecule has 0 aliphatic rings. The Balaban J connectivity index is 2.27.